The van der Waals surface area contributed by atoms with E-state index in [2.05, 4.69) is 15.1 Å². The van der Waals surface area contributed by atoms with Crippen LogP contribution in [0.5, 0.6) is 0 Å². The van der Waals surface area contributed by atoms with Crippen molar-refractivity contribution in [2.45, 2.75) is 42.0 Å². The Balaban J connectivity index is 1.25. The quantitative estimate of drug-likeness (QED) is 0.437. The number of fused-ring (bicyclic) bond motifs is 2. The summed E-state index contributed by atoms with van der Waals surface area (Å²) in [7, 11) is -4.10. The maximum atomic E-state index is 13.2. The molecule has 7 atom stereocenters. The van der Waals surface area contributed by atoms with Crippen LogP contribution in [0.2, 0.25) is 0 Å². The molecular formula is C20H19N6O7P. The first kappa shape index (κ1) is 21.6. The van der Waals surface area contributed by atoms with Gasteiger partial charge < -0.3 is 20.7 Å². The molecule has 0 amide bonds. The highest BCUT2D eigenvalue weighted by Gasteiger charge is 2.84. The smallest absolute Gasteiger partial charge is 0.385 e. The van der Waals surface area contributed by atoms with E-state index in [1.807, 2.05) is 6.07 Å². The lowest BCUT2D eigenvalue weighted by molar-refractivity contribution is -0.109. The van der Waals surface area contributed by atoms with E-state index >= 15 is 0 Å². The van der Waals surface area contributed by atoms with Gasteiger partial charge in [0.1, 0.15) is 36.2 Å². The van der Waals surface area contributed by atoms with E-state index in [-0.39, 0.29) is 18.1 Å². The zero-order valence-electron chi connectivity index (χ0n) is 17.5. The largest absolute Gasteiger partial charge is 0.475 e. The number of nitrogens with two attached hydrogens (primary N) is 1. The van der Waals surface area contributed by atoms with Crippen LogP contribution in [0.3, 0.4) is 0 Å². The molecule has 0 radical (unpaired) electrons. The Morgan fingerprint density at radius 3 is 2.82 bits per heavy atom. The number of hydrogen-bond donors (Lipinski definition) is 3. The average Bonchev–Trinajstić information content (AvgIpc) is 3.14. The highest BCUT2D eigenvalue weighted by Crippen LogP contribution is 2.66. The molecule has 5 heterocycles. The predicted molar refractivity (Wildman–Crippen MR) is 112 cm³/mol. The SMILES string of the molecule is N#C[C@@]1(c2ccc3c(N)ncnn23)O[C@@H]2C(O[P@@]3(=O)OCC[C@@H](c4ccncc4)O3)[C@]2(O)[C@H]1O. The summed E-state index contributed by atoms with van der Waals surface area (Å²) in [5.74, 6) is 0.167. The van der Waals surface area contributed by atoms with E-state index in [0.29, 0.717) is 11.9 Å². The Kier molecular flexibility index (Phi) is 4.61. The predicted octanol–water partition coefficient (Wildman–Crippen LogP) is 0.601. The van der Waals surface area contributed by atoms with Gasteiger partial charge in [0.25, 0.3) is 0 Å². The average molecular weight is 486 g/mol. The third-order valence-electron chi connectivity index (χ3n) is 6.45. The molecule has 3 aromatic rings. The van der Waals surface area contributed by atoms with Crippen molar-refractivity contribution in [2.24, 2.45) is 0 Å². The van der Waals surface area contributed by atoms with E-state index in [1.54, 1.807) is 30.6 Å². The molecule has 13 nitrogen and oxygen atoms in total. The lowest BCUT2D eigenvalue weighted by Crippen LogP contribution is -2.47. The summed E-state index contributed by atoms with van der Waals surface area (Å²) in [6.07, 6.45) is 0.0928. The van der Waals surface area contributed by atoms with E-state index in [4.69, 9.17) is 24.0 Å². The molecule has 0 bridgehead atoms. The molecule has 1 saturated carbocycles. The third kappa shape index (κ3) is 2.88. The first-order valence-electron chi connectivity index (χ1n) is 10.4. The summed E-state index contributed by atoms with van der Waals surface area (Å²) >= 11 is 0. The lowest BCUT2D eigenvalue weighted by Gasteiger charge is -2.32. The Morgan fingerprint density at radius 1 is 1.32 bits per heavy atom. The maximum Gasteiger partial charge on any atom is 0.475 e. The summed E-state index contributed by atoms with van der Waals surface area (Å²) in [6.45, 7) is 0.100. The van der Waals surface area contributed by atoms with Crippen molar-refractivity contribution < 1.29 is 33.1 Å². The minimum Gasteiger partial charge on any atom is -0.385 e. The second-order valence-electron chi connectivity index (χ2n) is 8.31. The molecule has 0 aromatic carbocycles. The number of rotatable bonds is 4. The molecule has 3 aliphatic rings. The van der Waals surface area contributed by atoms with Crippen LogP contribution in [0, 0.1) is 11.3 Å². The second-order valence-corrected chi connectivity index (χ2v) is 9.88. The van der Waals surface area contributed by atoms with Crippen molar-refractivity contribution in [1.29, 1.82) is 5.26 Å². The number of nitriles is 1. The van der Waals surface area contributed by atoms with Crippen LogP contribution in [-0.4, -0.2) is 60.3 Å². The summed E-state index contributed by atoms with van der Waals surface area (Å²) in [4.78, 5) is 7.84. The number of aliphatic hydroxyl groups is 2. The number of phosphoric ester groups is 1. The highest BCUT2D eigenvalue weighted by atomic mass is 31.2. The van der Waals surface area contributed by atoms with Gasteiger partial charge in [-0.1, -0.05) is 0 Å². The molecule has 6 rings (SSSR count). The van der Waals surface area contributed by atoms with Crippen molar-refractivity contribution >= 4 is 19.2 Å². The minimum absolute atomic E-state index is 0.100. The van der Waals surface area contributed by atoms with Gasteiger partial charge in [0.2, 0.25) is 5.60 Å². The molecule has 2 saturated heterocycles. The summed E-state index contributed by atoms with van der Waals surface area (Å²) in [5.41, 5.74) is 3.16. The third-order valence-corrected chi connectivity index (χ3v) is 7.94. The number of aliphatic hydroxyl groups excluding tert-OH is 1. The Labute approximate surface area is 192 Å². The van der Waals surface area contributed by atoms with Crippen molar-refractivity contribution in [3.63, 3.8) is 0 Å². The number of pyridine rings is 1. The van der Waals surface area contributed by atoms with Crippen molar-refractivity contribution in [1.82, 2.24) is 19.6 Å². The first-order chi connectivity index (χ1) is 16.3. The zero-order valence-corrected chi connectivity index (χ0v) is 18.4. The van der Waals surface area contributed by atoms with Crippen LogP contribution in [0.25, 0.3) is 5.52 Å². The maximum absolute atomic E-state index is 13.2. The molecule has 34 heavy (non-hydrogen) atoms. The summed E-state index contributed by atoms with van der Waals surface area (Å²) in [5, 5.41) is 36.3. The minimum atomic E-state index is -4.10. The molecule has 2 aliphatic heterocycles. The highest BCUT2D eigenvalue weighted by molar-refractivity contribution is 7.48. The standard InChI is InChI=1S/C20H19N6O7P/c21-9-19(14-2-1-12-17(22)24-10-25-26(12)14)18(27)20(28)15(31-19)16(20)33-34(29)30-8-5-13(32-34)11-3-6-23-7-4-11/h1-4,6-7,10,13,15-16,18,27-28H,5,8H2,(H2,22,24,25)/t13-,15+,16?,18-,19-,20-,34-/m0/s1. The summed E-state index contributed by atoms with van der Waals surface area (Å²) in [6, 6.07) is 8.48. The fraction of sp³-hybridized carbons (Fsp3) is 0.400. The Hall–Kier alpha value is -2.95. The van der Waals surface area contributed by atoms with E-state index in [9.17, 15) is 20.0 Å². The number of phosphoric acid groups is 1. The molecule has 1 unspecified atom stereocenters. The number of ether oxygens (including phenoxy) is 1. The van der Waals surface area contributed by atoms with Gasteiger partial charge >= 0.3 is 7.82 Å². The van der Waals surface area contributed by atoms with Gasteiger partial charge in [-0.2, -0.15) is 10.4 Å². The zero-order chi connectivity index (χ0) is 23.7. The van der Waals surface area contributed by atoms with Crippen LogP contribution in [0.4, 0.5) is 5.82 Å². The second kappa shape index (κ2) is 7.27. The van der Waals surface area contributed by atoms with E-state index in [1.165, 1.54) is 16.9 Å². The number of hydrogen-bond acceptors (Lipinski definition) is 12. The Bertz CT molecular complexity index is 1360. The molecule has 14 heteroatoms. The number of nitrogens with zero attached hydrogens (tertiary/aromatic N) is 5. The molecule has 0 spiro atoms. The monoisotopic (exact) mass is 486 g/mol. The molecule has 176 valence electrons. The molecule has 1 aliphatic carbocycles. The van der Waals surface area contributed by atoms with Gasteiger partial charge in [-0.3, -0.25) is 18.6 Å². The Morgan fingerprint density at radius 2 is 2.12 bits per heavy atom. The molecule has 4 N–H and O–H groups in total. The normalized spacial score (nSPS) is 39.0. The van der Waals surface area contributed by atoms with E-state index in [0.717, 1.165) is 5.56 Å². The molecule has 3 aromatic heterocycles. The lowest BCUT2D eigenvalue weighted by atomic mass is 9.90. The van der Waals surface area contributed by atoms with Crippen LogP contribution in [-0.2, 0) is 28.5 Å². The molecule has 3 fully saturated rings. The van der Waals surface area contributed by atoms with Crippen LogP contribution in [0.1, 0.15) is 23.8 Å². The van der Waals surface area contributed by atoms with Gasteiger partial charge in [0, 0.05) is 18.8 Å². The fourth-order valence-corrected chi connectivity index (χ4v) is 6.22. The number of aromatic nitrogens is 4. The van der Waals surface area contributed by atoms with Crippen LogP contribution in [0.15, 0.2) is 43.0 Å². The van der Waals surface area contributed by atoms with Crippen molar-refractivity contribution in [2.75, 3.05) is 12.3 Å². The van der Waals surface area contributed by atoms with Gasteiger partial charge in [0.15, 0.2) is 11.4 Å². The van der Waals surface area contributed by atoms with Gasteiger partial charge in [-0.05, 0) is 29.8 Å². The number of nitrogen functional groups attached to an aromatic ring is 1. The topological polar surface area (TPSA) is 187 Å². The van der Waals surface area contributed by atoms with Gasteiger partial charge in [0.05, 0.1) is 18.4 Å². The summed E-state index contributed by atoms with van der Waals surface area (Å²) < 4.78 is 36.8. The van der Waals surface area contributed by atoms with Gasteiger partial charge in [-0.25, -0.2) is 14.1 Å². The van der Waals surface area contributed by atoms with Crippen LogP contribution < -0.4 is 5.73 Å². The van der Waals surface area contributed by atoms with E-state index < -0.39 is 43.4 Å². The van der Waals surface area contributed by atoms with Crippen LogP contribution >= 0.6 is 7.82 Å². The van der Waals surface area contributed by atoms with Crippen molar-refractivity contribution in [3.05, 3.63) is 54.2 Å². The fourth-order valence-electron chi connectivity index (χ4n) is 4.62. The number of anilines is 1. The first-order valence-corrected chi connectivity index (χ1v) is 11.9. The van der Waals surface area contributed by atoms with Gasteiger partial charge in [-0.15, -0.1) is 0 Å². The van der Waals surface area contributed by atoms with Crippen molar-refractivity contribution in [3.8, 4) is 6.07 Å². The molecular weight excluding hydrogens is 467 g/mol.